The number of esters is 1. The topological polar surface area (TPSA) is 102 Å². The summed E-state index contributed by atoms with van der Waals surface area (Å²) in [6.45, 7) is 1.15. The van der Waals surface area contributed by atoms with Gasteiger partial charge in [0.05, 0.1) is 19.1 Å². The van der Waals surface area contributed by atoms with Crippen molar-refractivity contribution in [3.8, 4) is 11.5 Å². The lowest BCUT2D eigenvalue weighted by molar-refractivity contribution is -0.136. The highest BCUT2D eigenvalue weighted by Gasteiger charge is 2.35. The smallest absolute Gasteiger partial charge is 0.342 e. The number of carbonyl (C=O) groups is 2. The van der Waals surface area contributed by atoms with Gasteiger partial charge in [-0.1, -0.05) is 12.1 Å². The number of amides is 1. The van der Waals surface area contributed by atoms with Crippen LogP contribution in [0.4, 0.5) is 0 Å². The summed E-state index contributed by atoms with van der Waals surface area (Å²) in [7, 11) is 1.59. The molecule has 0 spiro atoms. The van der Waals surface area contributed by atoms with Gasteiger partial charge in [0.15, 0.2) is 6.61 Å². The second-order valence-electron chi connectivity index (χ2n) is 7.30. The SMILES string of the molecule is COc1ccc(C2=NN(C(=O)COC(=O)c3cccc(C)c3O)C(c3ccco3)C2)cc1. The number of hydrazone groups is 1. The molecule has 0 saturated carbocycles. The minimum Gasteiger partial charge on any atom is -0.507 e. The van der Waals surface area contributed by atoms with Crippen LogP contribution < -0.4 is 4.74 Å². The molecule has 0 radical (unpaired) electrons. The van der Waals surface area contributed by atoms with E-state index in [-0.39, 0.29) is 11.3 Å². The van der Waals surface area contributed by atoms with Gasteiger partial charge in [0.2, 0.25) is 0 Å². The summed E-state index contributed by atoms with van der Waals surface area (Å²) in [6, 6.07) is 15.2. The van der Waals surface area contributed by atoms with Gasteiger partial charge in [0.1, 0.15) is 28.9 Å². The van der Waals surface area contributed by atoms with Crippen molar-refractivity contribution in [2.45, 2.75) is 19.4 Å². The Hall–Kier alpha value is -4.07. The first-order chi connectivity index (χ1) is 15.5. The lowest BCUT2D eigenvalue weighted by Crippen LogP contribution is -2.31. The Morgan fingerprint density at radius 1 is 1.16 bits per heavy atom. The molecular weight excluding hydrogens is 412 g/mol. The standard InChI is InChI=1S/C24H22N2O6/c1-15-5-3-6-18(23(15)28)24(29)32-14-22(27)26-20(21-7-4-12-31-21)13-19(25-26)16-8-10-17(30-2)11-9-16/h3-12,20,28H,13-14H2,1-2H3. The van der Waals surface area contributed by atoms with Crippen LogP contribution in [0.3, 0.4) is 0 Å². The molecular formula is C24H22N2O6. The maximum atomic E-state index is 12.9. The van der Waals surface area contributed by atoms with Gasteiger partial charge in [0, 0.05) is 6.42 Å². The normalized spacial score (nSPS) is 15.4. The average Bonchev–Trinajstić information content (AvgIpc) is 3.49. The monoisotopic (exact) mass is 434 g/mol. The molecule has 0 saturated heterocycles. The van der Waals surface area contributed by atoms with E-state index in [0.717, 1.165) is 5.56 Å². The van der Waals surface area contributed by atoms with Crippen molar-refractivity contribution < 1.29 is 28.6 Å². The van der Waals surface area contributed by atoms with Crippen molar-refractivity contribution >= 4 is 17.6 Å². The summed E-state index contributed by atoms with van der Waals surface area (Å²) >= 11 is 0. The molecule has 2 aromatic carbocycles. The minimum atomic E-state index is -0.785. The number of para-hydroxylation sites is 1. The van der Waals surface area contributed by atoms with Crippen molar-refractivity contribution in [1.29, 1.82) is 0 Å². The van der Waals surface area contributed by atoms with E-state index >= 15 is 0 Å². The zero-order valence-electron chi connectivity index (χ0n) is 17.6. The van der Waals surface area contributed by atoms with E-state index in [1.54, 1.807) is 38.3 Å². The number of rotatable bonds is 6. The Kier molecular flexibility index (Phi) is 5.93. The fourth-order valence-electron chi connectivity index (χ4n) is 3.50. The van der Waals surface area contributed by atoms with E-state index in [2.05, 4.69) is 5.10 Å². The van der Waals surface area contributed by atoms with Crippen molar-refractivity contribution in [1.82, 2.24) is 5.01 Å². The van der Waals surface area contributed by atoms with Crippen LogP contribution in [0.2, 0.25) is 0 Å². The number of aromatic hydroxyl groups is 1. The molecule has 4 rings (SSSR count). The molecule has 1 aliphatic rings. The molecule has 32 heavy (non-hydrogen) atoms. The molecule has 1 aliphatic heterocycles. The summed E-state index contributed by atoms with van der Waals surface area (Å²) in [4.78, 5) is 25.3. The largest absolute Gasteiger partial charge is 0.507 e. The van der Waals surface area contributed by atoms with Gasteiger partial charge < -0.3 is 19.0 Å². The number of benzene rings is 2. The zero-order valence-corrected chi connectivity index (χ0v) is 17.6. The summed E-state index contributed by atoms with van der Waals surface area (Å²) < 4.78 is 15.9. The van der Waals surface area contributed by atoms with Crippen LogP contribution in [-0.2, 0) is 9.53 Å². The highest BCUT2D eigenvalue weighted by molar-refractivity contribution is 6.03. The fourth-order valence-corrected chi connectivity index (χ4v) is 3.50. The summed E-state index contributed by atoms with van der Waals surface area (Å²) in [5.74, 6) is -0.162. The number of furan rings is 1. The van der Waals surface area contributed by atoms with Crippen LogP contribution in [0, 0.1) is 6.92 Å². The van der Waals surface area contributed by atoms with Gasteiger partial charge in [-0.05, 0) is 60.5 Å². The average molecular weight is 434 g/mol. The molecule has 164 valence electrons. The molecule has 8 nitrogen and oxygen atoms in total. The van der Waals surface area contributed by atoms with E-state index in [4.69, 9.17) is 13.9 Å². The molecule has 3 aromatic rings. The van der Waals surface area contributed by atoms with E-state index in [1.807, 2.05) is 24.3 Å². The highest BCUT2D eigenvalue weighted by atomic mass is 16.5. The number of carbonyl (C=O) groups excluding carboxylic acids is 2. The molecule has 1 atom stereocenters. The molecule has 0 aliphatic carbocycles. The van der Waals surface area contributed by atoms with Gasteiger partial charge in [-0.3, -0.25) is 4.79 Å². The lowest BCUT2D eigenvalue weighted by atomic mass is 10.0. The Labute approximate surface area is 184 Å². The van der Waals surface area contributed by atoms with Crippen LogP contribution >= 0.6 is 0 Å². The van der Waals surface area contributed by atoms with Crippen molar-refractivity contribution in [2.75, 3.05) is 13.7 Å². The maximum Gasteiger partial charge on any atom is 0.342 e. The van der Waals surface area contributed by atoms with Gasteiger partial charge in [-0.25, -0.2) is 9.80 Å². The van der Waals surface area contributed by atoms with E-state index < -0.39 is 24.5 Å². The molecule has 0 bridgehead atoms. The third-order valence-electron chi connectivity index (χ3n) is 5.25. The zero-order chi connectivity index (χ0) is 22.7. The maximum absolute atomic E-state index is 12.9. The number of ether oxygens (including phenoxy) is 2. The Bertz CT molecular complexity index is 1150. The van der Waals surface area contributed by atoms with E-state index in [9.17, 15) is 14.7 Å². The molecule has 2 heterocycles. The molecule has 1 N–H and O–H groups in total. The molecule has 0 fully saturated rings. The number of phenols is 1. The second-order valence-corrected chi connectivity index (χ2v) is 7.30. The summed E-state index contributed by atoms with van der Waals surface area (Å²) in [5, 5.41) is 15.8. The van der Waals surface area contributed by atoms with Gasteiger partial charge in [-0.2, -0.15) is 5.10 Å². The highest BCUT2D eigenvalue weighted by Crippen LogP contribution is 2.33. The second kappa shape index (κ2) is 8.97. The number of aryl methyl sites for hydroxylation is 1. The van der Waals surface area contributed by atoms with Crippen molar-refractivity contribution in [3.05, 3.63) is 83.3 Å². The van der Waals surface area contributed by atoms with Crippen LogP contribution in [0.1, 0.15) is 39.7 Å². The van der Waals surface area contributed by atoms with Gasteiger partial charge >= 0.3 is 5.97 Å². The number of hydrogen-bond donors (Lipinski definition) is 1. The number of hydrogen-bond acceptors (Lipinski definition) is 7. The third-order valence-corrected chi connectivity index (χ3v) is 5.25. The van der Waals surface area contributed by atoms with E-state index in [0.29, 0.717) is 29.2 Å². The van der Waals surface area contributed by atoms with Crippen LogP contribution in [0.15, 0.2) is 70.4 Å². The first-order valence-corrected chi connectivity index (χ1v) is 10.0. The molecule has 8 heteroatoms. The summed E-state index contributed by atoms with van der Waals surface area (Å²) in [5.41, 5.74) is 2.09. The van der Waals surface area contributed by atoms with Crippen molar-refractivity contribution in [3.63, 3.8) is 0 Å². The predicted octanol–water partition coefficient (Wildman–Crippen LogP) is 3.84. The Balaban J connectivity index is 1.52. The minimum absolute atomic E-state index is 0.00392. The lowest BCUT2D eigenvalue weighted by Gasteiger charge is -2.19. The quantitative estimate of drug-likeness (QED) is 0.592. The van der Waals surface area contributed by atoms with E-state index in [1.165, 1.54) is 17.3 Å². The summed E-state index contributed by atoms with van der Waals surface area (Å²) in [6.07, 6.45) is 1.97. The van der Waals surface area contributed by atoms with Crippen LogP contribution in [0.5, 0.6) is 11.5 Å². The third kappa shape index (κ3) is 4.20. The number of phenolic OH excluding ortho intramolecular Hbond substituents is 1. The van der Waals surface area contributed by atoms with Gasteiger partial charge in [0.25, 0.3) is 5.91 Å². The molecule has 1 amide bonds. The number of nitrogens with zero attached hydrogens (tertiary/aromatic N) is 2. The molecule has 1 aromatic heterocycles. The van der Waals surface area contributed by atoms with Crippen LogP contribution in [-0.4, -0.2) is 41.4 Å². The Morgan fingerprint density at radius 3 is 2.62 bits per heavy atom. The molecule has 1 unspecified atom stereocenters. The fraction of sp³-hybridized carbons (Fsp3) is 0.208. The number of methoxy groups -OCH3 is 1. The first-order valence-electron chi connectivity index (χ1n) is 10.0. The first kappa shape index (κ1) is 21.2. The van der Waals surface area contributed by atoms with Crippen molar-refractivity contribution in [2.24, 2.45) is 5.10 Å². The van der Waals surface area contributed by atoms with Gasteiger partial charge in [-0.15, -0.1) is 0 Å². The van der Waals surface area contributed by atoms with Crippen LogP contribution in [0.25, 0.3) is 0 Å². The predicted molar refractivity (Wildman–Crippen MR) is 116 cm³/mol. The Morgan fingerprint density at radius 2 is 1.94 bits per heavy atom.